The summed E-state index contributed by atoms with van der Waals surface area (Å²) < 4.78 is 34.5. The number of rotatable bonds is 4. The Kier molecular flexibility index (Phi) is 4.09. The standard InChI is InChI=1S/C7H12O5S/c1-4-7(13(9,10)11)5(2)12-6(3)8/h7H,2,4H2,1,3H3,(H,9,10,11). The van der Waals surface area contributed by atoms with Crippen LogP contribution in [-0.4, -0.2) is 24.2 Å². The highest BCUT2D eigenvalue weighted by atomic mass is 32.2. The van der Waals surface area contributed by atoms with E-state index in [9.17, 15) is 13.2 Å². The molecule has 0 aromatic heterocycles. The fourth-order valence-electron chi connectivity index (χ4n) is 0.855. The maximum atomic E-state index is 10.7. The first-order valence-electron chi connectivity index (χ1n) is 3.62. The molecule has 0 rings (SSSR count). The first kappa shape index (κ1) is 12.1. The van der Waals surface area contributed by atoms with Gasteiger partial charge in [0.1, 0.15) is 11.0 Å². The first-order chi connectivity index (χ1) is 5.79. The molecule has 76 valence electrons. The van der Waals surface area contributed by atoms with Crippen molar-refractivity contribution in [3.8, 4) is 0 Å². The van der Waals surface area contributed by atoms with Gasteiger partial charge in [-0.05, 0) is 6.42 Å². The number of hydrogen-bond acceptors (Lipinski definition) is 4. The van der Waals surface area contributed by atoms with Gasteiger partial charge >= 0.3 is 5.97 Å². The minimum atomic E-state index is -4.24. The van der Waals surface area contributed by atoms with E-state index in [0.717, 1.165) is 6.92 Å². The van der Waals surface area contributed by atoms with E-state index in [1.165, 1.54) is 6.92 Å². The number of hydrogen-bond donors (Lipinski definition) is 1. The lowest BCUT2D eigenvalue weighted by Crippen LogP contribution is -2.23. The quantitative estimate of drug-likeness (QED) is 0.418. The molecule has 0 heterocycles. The zero-order valence-corrected chi connectivity index (χ0v) is 8.30. The highest BCUT2D eigenvalue weighted by Gasteiger charge is 2.26. The summed E-state index contributed by atoms with van der Waals surface area (Å²) in [5.74, 6) is -0.912. The maximum absolute atomic E-state index is 10.7. The molecule has 1 N–H and O–H groups in total. The lowest BCUT2D eigenvalue weighted by Gasteiger charge is -2.13. The van der Waals surface area contributed by atoms with Gasteiger partial charge in [-0.15, -0.1) is 0 Å². The van der Waals surface area contributed by atoms with E-state index in [2.05, 4.69) is 11.3 Å². The fourth-order valence-corrected chi connectivity index (χ4v) is 1.66. The van der Waals surface area contributed by atoms with E-state index in [-0.39, 0.29) is 12.2 Å². The molecule has 0 saturated heterocycles. The molecule has 0 radical (unpaired) electrons. The first-order valence-corrected chi connectivity index (χ1v) is 5.12. The number of ether oxygens (including phenoxy) is 1. The van der Waals surface area contributed by atoms with Crippen molar-refractivity contribution in [2.45, 2.75) is 25.5 Å². The van der Waals surface area contributed by atoms with Gasteiger partial charge in [-0.2, -0.15) is 8.42 Å². The van der Waals surface area contributed by atoms with E-state index in [1.54, 1.807) is 0 Å². The molecule has 1 atom stereocenters. The molecule has 0 spiro atoms. The third-order valence-electron chi connectivity index (χ3n) is 1.36. The Bertz CT molecular complexity index is 303. The van der Waals surface area contributed by atoms with E-state index < -0.39 is 21.3 Å². The van der Waals surface area contributed by atoms with Crippen molar-refractivity contribution in [2.24, 2.45) is 0 Å². The van der Waals surface area contributed by atoms with Crippen LogP contribution in [0.4, 0.5) is 0 Å². The van der Waals surface area contributed by atoms with Crippen LogP contribution in [0.5, 0.6) is 0 Å². The molecule has 6 heteroatoms. The number of carbonyl (C=O) groups is 1. The van der Waals surface area contributed by atoms with Crippen molar-refractivity contribution in [3.05, 3.63) is 12.3 Å². The van der Waals surface area contributed by atoms with Gasteiger partial charge in [0.25, 0.3) is 10.1 Å². The molecular formula is C7H12O5S. The molecule has 0 saturated carbocycles. The largest absolute Gasteiger partial charge is 0.430 e. The molecule has 0 fully saturated rings. The summed E-state index contributed by atoms with van der Waals surface area (Å²) in [6.45, 7) is 5.91. The molecule has 0 aliphatic heterocycles. The minimum absolute atomic E-state index is 0.102. The maximum Gasteiger partial charge on any atom is 0.307 e. The van der Waals surface area contributed by atoms with Crippen LogP contribution in [0.3, 0.4) is 0 Å². The van der Waals surface area contributed by atoms with Gasteiger partial charge in [-0.1, -0.05) is 13.5 Å². The average molecular weight is 208 g/mol. The second-order valence-electron chi connectivity index (χ2n) is 2.47. The topological polar surface area (TPSA) is 80.7 Å². The van der Waals surface area contributed by atoms with Crippen molar-refractivity contribution < 1.29 is 22.5 Å². The van der Waals surface area contributed by atoms with Crippen LogP contribution in [0, 0.1) is 0 Å². The average Bonchev–Trinajstić information content (AvgIpc) is 1.82. The van der Waals surface area contributed by atoms with Gasteiger partial charge in [0.05, 0.1) is 0 Å². The summed E-state index contributed by atoms with van der Waals surface area (Å²) >= 11 is 0. The molecular weight excluding hydrogens is 196 g/mol. The molecule has 0 amide bonds. The van der Waals surface area contributed by atoms with E-state index >= 15 is 0 Å². The van der Waals surface area contributed by atoms with Gasteiger partial charge in [0, 0.05) is 6.92 Å². The zero-order chi connectivity index (χ0) is 10.6. The van der Waals surface area contributed by atoms with Crippen LogP contribution in [-0.2, 0) is 19.6 Å². The summed E-state index contributed by atoms with van der Waals surface area (Å²) in [7, 11) is -4.24. The van der Waals surface area contributed by atoms with Crippen LogP contribution in [0.15, 0.2) is 12.3 Å². The Balaban J connectivity index is 4.62. The predicted molar refractivity (Wildman–Crippen MR) is 46.5 cm³/mol. The molecule has 0 aromatic rings. The van der Waals surface area contributed by atoms with Gasteiger partial charge in [-0.3, -0.25) is 9.35 Å². The third kappa shape index (κ3) is 4.05. The van der Waals surface area contributed by atoms with Crippen molar-refractivity contribution in [1.82, 2.24) is 0 Å². The van der Waals surface area contributed by atoms with Crippen molar-refractivity contribution in [1.29, 1.82) is 0 Å². The predicted octanol–water partition coefficient (Wildman–Crippen LogP) is 0.730. The normalized spacial score (nSPS) is 13.5. The summed E-state index contributed by atoms with van der Waals surface area (Å²) in [4.78, 5) is 10.4. The molecule has 0 aromatic carbocycles. The molecule has 1 unspecified atom stereocenters. The smallest absolute Gasteiger partial charge is 0.307 e. The summed E-state index contributed by atoms with van der Waals surface area (Å²) in [6.07, 6.45) is 0.102. The summed E-state index contributed by atoms with van der Waals surface area (Å²) in [5.41, 5.74) is 0. The lowest BCUT2D eigenvalue weighted by atomic mass is 10.3. The van der Waals surface area contributed by atoms with Crippen LogP contribution in [0.25, 0.3) is 0 Å². The van der Waals surface area contributed by atoms with E-state index in [4.69, 9.17) is 4.55 Å². The number of carbonyl (C=O) groups excluding carboxylic acids is 1. The van der Waals surface area contributed by atoms with Crippen molar-refractivity contribution in [2.75, 3.05) is 0 Å². The van der Waals surface area contributed by atoms with E-state index in [0.29, 0.717) is 0 Å². The Morgan fingerprint density at radius 3 is 2.31 bits per heavy atom. The SMILES string of the molecule is C=C(OC(C)=O)C(CC)S(=O)(=O)O. The molecule has 0 aliphatic carbocycles. The molecule has 0 bridgehead atoms. The van der Waals surface area contributed by atoms with Crippen LogP contribution >= 0.6 is 0 Å². The van der Waals surface area contributed by atoms with E-state index in [1.807, 2.05) is 0 Å². The second-order valence-corrected chi connectivity index (χ2v) is 4.07. The molecule has 0 aliphatic rings. The van der Waals surface area contributed by atoms with Crippen LogP contribution in [0.2, 0.25) is 0 Å². The number of esters is 1. The highest BCUT2D eigenvalue weighted by Crippen LogP contribution is 2.14. The van der Waals surface area contributed by atoms with Gasteiger partial charge in [0.2, 0.25) is 0 Å². The minimum Gasteiger partial charge on any atom is -0.430 e. The monoisotopic (exact) mass is 208 g/mol. The third-order valence-corrected chi connectivity index (χ3v) is 2.68. The van der Waals surface area contributed by atoms with Gasteiger partial charge < -0.3 is 4.74 Å². The Morgan fingerprint density at radius 1 is 1.62 bits per heavy atom. The fraction of sp³-hybridized carbons (Fsp3) is 0.571. The second kappa shape index (κ2) is 4.38. The van der Waals surface area contributed by atoms with Crippen LogP contribution in [0.1, 0.15) is 20.3 Å². The Morgan fingerprint density at radius 2 is 2.08 bits per heavy atom. The molecule has 5 nitrogen and oxygen atoms in total. The van der Waals surface area contributed by atoms with Gasteiger partial charge in [-0.25, -0.2) is 0 Å². The Labute approximate surface area is 77.1 Å². The van der Waals surface area contributed by atoms with Gasteiger partial charge in [0.15, 0.2) is 0 Å². The summed E-state index contributed by atoms with van der Waals surface area (Å²) in [6, 6.07) is 0. The van der Waals surface area contributed by atoms with Crippen molar-refractivity contribution >= 4 is 16.1 Å². The lowest BCUT2D eigenvalue weighted by molar-refractivity contribution is -0.136. The Hall–Kier alpha value is -0.880. The highest BCUT2D eigenvalue weighted by molar-refractivity contribution is 7.86. The van der Waals surface area contributed by atoms with Crippen molar-refractivity contribution in [3.63, 3.8) is 0 Å². The summed E-state index contributed by atoms with van der Waals surface area (Å²) in [5, 5.41) is -1.24. The zero-order valence-electron chi connectivity index (χ0n) is 7.48. The van der Waals surface area contributed by atoms with Crippen LogP contribution < -0.4 is 0 Å². The molecule has 13 heavy (non-hydrogen) atoms.